The lowest BCUT2D eigenvalue weighted by atomic mass is 10.0. The highest BCUT2D eigenvalue weighted by molar-refractivity contribution is 5.98. The van der Waals surface area contributed by atoms with Crippen molar-refractivity contribution in [1.82, 2.24) is 14.9 Å². The molecular weight excluding hydrogens is 457 g/mol. The van der Waals surface area contributed by atoms with Gasteiger partial charge in [-0.25, -0.2) is 9.37 Å². The molecule has 3 aromatic rings. The molecule has 1 aliphatic rings. The van der Waals surface area contributed by atoms with E-state index in [1.54, 1.807) is 18.2 Å². The van der Waals surface area contributed by atoms with Gasteiger partial charge in [-0.05, 0) is 49.8 Å². The number of halogens is 1. The van der Waals surface area contributed by atoms with Crippen molar-refractivity contribution in [3.8, 4) is 6.07 Å². The topological polar surface area (TPSA) is 111 Å². The number of rotatable bonds is 8. The van der Waals surface area contributed by atoms with Gasteiger partial charge in [0.15, 0.2) is 0 Å². The molecule has 9 heteroatoms. The van der Waals surface area contributed by atoms with Crippen molar-refractivity contribution in [2.75, 3.05) is 37.4 Å². The van der Waals surface area contributed by atoms with Crippen molar-refractivity contribution in [3.05, 3.63) is 82.8 Å². The monoisotopic (exact) mass is 487 g/mol. The van der Waals surface area contributed by atoms with Crippen LogP contribution in [0.25, 0.3) is 0 Å². The Labute approximate surface area is 210 Å². The van der Waals surface area contributed by atoms with Crippen LogP contribution in [-0.4, -0.2) is 60.2 Å². The van der Waals surface area contributed by atoms with Gasteiger partial charge in [-0.1, -0.05) is 24.3 Å². The van der Waals surface area contributed by atoms with Crippen molar-refractivity contribution in [3.63, 3.8) is 0 Å². The minimum Gasteiger partial charge on any atom is -0.378 e. The third-order valence-corrected chi connectivity index (χ3v) is 6.22. The lowest BCUT2D eigenvalue weighted by Crippen LogP contribution is -2.48. The molecule has 0 unspecified atom stereocenters. The van der Waals surface area contributed by atoms with Gasteiger partial charge in [-0.2, -0.15) is 5.26 Å². The third-order valence-electron chi connectivity index (χ3n) is 6.22. The molecule has 1 amide bonds. The van der Waals surface area contributed by atoms with Crippen LogP contribution >= 0.6 is 0 Å². The van der Waals surface area contributed by atoms with E-state index in [9.17, 15) is 4.79 Å². The van der Waals surface area contributed by atoms with Crippen molar-refractivity contribution in [2.45, 2.75) is 31.6 Å². The highest BCUT2D eigenvalue weighted by atomic mass is 19.1. The summed E-state index contributed by atoms with van der Waals surface area (Å²) in [6, 6.07) is 15.1. The molecule has 0 radical (unpaired) electrons. The van der Waals surface area contributed by atoms with Crippen LogP contribution in [0, 0.1) is 11.3 Å². The molecule has 0 spiro atoms. The van der Waals surface area contributed by atoms with Gasteiger partial charge in [0.2, 0.25) is 0 Å². The van der Waals surface area contributed by atoms with E-state index in [0.717, 1.165) is 17.8 Å². The van der Waals surface area contributed by atoms with Gasteiger partial charge in [-0.3, -0.25) is 9.78 Å². The zero-order valence-corrected chi connectivity index (χ0v) is 20.5. The maximum absolute atomic E-state index is 15.2. The zero-order chi connectivity index (χ0) is 25.7. The molecule has 8 nitrogen and oxygen atoms in total. The number of benzene rings is 1. The first-order valence-corrected chi connectivity index (χ1v) is 11.9. The Bertz CT molecular complexity index is 1240. The second kappa shape index (κ2) is 11.1. The molecular formula is C27H30FN7O. The molecule has 0 aliphatic carbocycles. The van der Waals surface area contributed by atoms with Crippen LogP contribution in [0.4, 0.5) is 15.9 Å². The molecule has 36 heavy (non-hydrogen) atoms. The summed E-state index contributed by atoms with van der Waals surface area (Å²) < 4.78 is 15.2. The van der Waals surface area contributed by atoms with Crippen LogP contribution in [-0.2, 0) is 13.0 Å². The Morgan fingerprint density at radius 3 is 2.56 bits per heavy atom. The summed E-state index contributed by atoms with van der Waals surface area (Å²) in [4.78, 5) is 24.7. The maximum atomic E-state index is 15.2. The first-order valence-electron chi connectivity index (χ1n) is 11.9. The number of hydrogen-bond donors (Lipinski definition) is 2. The molecule has 0 bridgehead atoms. The Morgan fingerprint density at radius 2 is 1.94 bits per heavy atom. The van der Waals surface area contributed by atoms with E-state index >= 15 is 4.39 Å². The summed E-state index contributed by atoms with van der Waals surface area (Å²) in [6.07, 6.45) is 2.84. The Morgan fingerprint density at radius 1 is 1.19 bits per heavy atom. The minimum absolute atomic E-state index is 0.152. The highest BCUT2D eigenvalue weighted by Gasteiger charge is 2.30. The number of nitrogens with one attached hydrogen (secondary N) is 1. The Kier molecular flexibility index (Phi) is 7.76. The van der Waals surface area contributed by atoms with Gasteiger partial charge >= 0.3 is 0 Å². The fraction of sp³-hybridized carbons (Fsp3) is 0.333. The summed E-state index contributed by atoms with van der Waals surface area (Å²) in [6.45, 7) is 1.60. The largest absolute Gasteiger partial charge is 0.378 e. The number of amides is 1. The quantitative estimate of drug-likeness (QED) is 0.502. The van der Waals surface area contributed by atoms with Crippen molar-refractivity contribution in [2.24, 2.45) is 5.73 Å². The van der Waals surface area contributed by atoms with E-state index in [1.165, 1.54) is 18.0 Å². The number of primary amides is 1. The summed E-state index contributed by atoms with van der Waals surface area (Å²) >= 11 is 0. The number of alkyl halides is 1. The fourth-order valence-electron chi connectivity index (χ4n) is 4.36. The molecule has 186 valence electrons. The average molecular weight is 488 g/mol. The number of hydrogen-bond acceptors (Lipinski definition) is 7. The third kappa shape index (κ3) is 6.15. The number of carbonyl (C=O) groups excluding carboxylic acids is 1. The summed E-state index contributed by atoms with van der Waals surface area (Å²) in [5.74, 6) is 0.0231. The highest BCUT2D eigenvalue weighted by Crippen LogP contribution is 2.25. The fourth-order valence-corrected chi connectivity index (χ4v) is 4.36. The normalized spacial score (nSPS) is 17.6. The summed E-state index contributed by atoms with van der Waals surface area (Å²) in [7, 11) is 4.06. The van der Waals surface area contributed by atoms with Crippen LogP contribution in [0.2, 0.25) is 0 Å². The molecule has 1 aromatic carbocycles. The van der Waals surface area contributed by atoms with Crippen molar-refractivity contribution in [1.29, 1.82) is 5.26 Å². The van der Waals surface area contributed by atoms with E-state index in [1.807, 2.05) is 25.1 Å². The van der Waals surface area contributed by atoms with Gasteiger partial charge in [0.05, 0.1) is 29.4 Å². The number of anilines is 2. The molecule has 0 saturated carbocycles. The number of nitrogens with two attached hydrogens (primary N) is 1. The number of piperidine rings is 1. The van der Waals surface area contributed by atoms with E-state index < -0.39 is 18.1 Å². The van der Waals surface area contributed by atoms with Gasteiger partial charge in [-0.15, -0.1) is 0 Å². The van der Waals surface area contributed by atoms with Gasteiger partial charge in [0, 0.05) is 37.6 Å². The Balaban J connectivity index is 1.45. The molecule has 1 saturated heterocycles. The number of nitrogens with zero attached hydrogens (tertiary/aromatic N) is 5. The zero-order valence-electron chi connectivity index (χ0n) is 20.5. The van der Waals surface area contributed by atoms with Crippen LogP contribution < -0.4 is 16.0 Å². The van der Waals surface area contributed by atoms with Crippen LogP contribution in [0.1, 0.15) is 39.2 Å². The minimum atomic E-state index is -1.20. The van der Waals surface area contributed by atoms with Gasteiger partial charge in [0.1, 0.15) is 18.1 Å². The predicted molar refractivity (Wildman–Crippen MR) is 137 cm³/mol. The van der Waals surface area contributed by atoms with E-state index in [-0.39, 0.29) is 12.1 Å². The molecule has 4 rings (SSSR count). The maximum Gasteiger partial charge on any atom is 0.252 e. The molecule has 2 atom stereocenters. The summed E-state index contributed by atoms with van der Waals surface area (Å²) in [5, 5.41) is 12.2. The first-order chi connectivity index (χ1) is 17.3. The average Bonchev–Trinajstić information content (AvgIpc) is 2.86. The van der Waals surface area contributed by atoms with Crippen molar-refractivity contribution >= 4 is 17.4 Å². The second-order valence-corrected chi connectivity index (χ2v) is 9.33. The SMILES string of the molecule is CN(C)Cc1ccc(Cc2cc(N[C@@H]3CCN(c4ccc(C#N)cn4)C[C@@H]3F)c(C(N)=O)cn2)cc1. The van der Waals surface area contributed by atoms with Gasteiger partial charge in [0.25, 0.3) is 5.91 Å². The summed E-state index contributed by atoms with van der Waals surface area (Å²) in [5.41, 5.74) is 9.85. The second-order valence-electron chi connectivity index (χ2n) is 9.33. The molecule has 2 aromatic heterocycles. The number of carbonyl (C=O) groups is 1. The van der Waals surface area contributed by atoms with Crippen LogP contribution in [0.15, 0.2) is 54.9 Å². The number of pyridine rings is 2. The molecule has 3 heterocycles. The van der Waals surface area contributed by atoms with E-state index in [4.69, 9.17) is 11.0 Å². The first kappa shape index (κ1) is 25.1. The molecule has 1 aliphatic heterocycles. The van der Waals surface area contributed by atoms with Gasteiger partial charge < -0.3 is 20.9 Å². The lowest BCUT2D eigenvalue weighted by Gasteiger charge is -2.36. The van der Waals surface area contributed by atoms with E-state index in [2.05, 4.69) is 44.5 Å². The standard InChI is InChI=1S/C27H30FN7O/c1-34(2)16-19-5-3-18(4-6-19)11-21-12-25(22(15-31-21)27(30)36)33-24-9-10-35(17-23(24)28)26-8-7-20(13-29)14-32-26/h3-8,12,14-15,23-24H,9-11,16-17H2,1-2H3,(H2,30,36)(H,31,33)/t23-,24+/m0/s1. The smallest absolute Gasteiger partial charge is 0.252 e. The molecule has 3 N–H and O–H groups in total. The lowest BCUT2D eigenvalue weighted by molar-refractivity contribution is 0.100. The van der Waals surface area contributed by atoms with E-state index in [0.29, 0.717) is 36.5 Å². The number of nitriles is 1. The van der Waals surface area contributed by atoms with Crippen LogP contribution in [0.3, 0.4) is 0 Å². The predicted octanol–water partition coefficient (Wildman–Crippen LogP) is 3.13. The Hall–Kier alpha value is -4.03. The van der Waals surface area contributed by atoms with Crippen molar-refractivity contribution < 1.29 is 9.18 Å². The van der Waals surface area contributed by atoms with Crippen LogP contribution in [0.5, 0.6) is 0 Å². The molecule has 1 fully saturated rings. The number of aromatic nitrogens is 2.